The average molecular weight is 492 g/mol. The van der Waals surface area contributed by atoms with Crippen LogP contribution in [0.4, 0.5) is 14.5 Å². The topological polar surface area (TPSA) is 69.7 Å². The van der Waals surface area contributed by atoms with Gasteiger partial charge in [-0.2, -0.15) is 0 Å². The van der Waals surface area contributed by atoms with E-state index < -0.39 is 32.5 Å². The third-order valence-electron chi connectivity index (χ3n) is 5.53. The number of para-hydroxylation sites is 1. The number of hydrogen-bond donors (Lipinski definition) is 1. The molecule has 2 heterocycles. The standard InChI is InChI=1S/C20H20ClF2N3O3S.ClH/c21-15-11-17(23)19(30(28,29)24-18-6-2-1-5-16(18)22)10-14(15)20(27)26-9-8-25-7-3-4-13(25)12-26;/h1-2,5-6,10-11,13,24H,3-4,7-9,12H2;1H/t13-;/m1./s1. The van der Waals surface area contributed by atoms with Gasteiger partial charge in [-0.15, -0.1) is 12.4 Å². The Hall–Kier alpha value is -1.94. The average Bonchev–Trinajstić information content (AvgIpc) is 3.17. The molecule has 0 spiro atoms. The summed E-state index contributed by atoms with van der Waals surface area (Å²) in [6.45, 7) is 2.74. The van der Waals surface area contributed by atoms with Gasteiger partial charge in [0.15, 0.2) is 0 Å². The number of carbonyl (C=O) groups is 1. The van der Waals surface area contributed by atoms with Crippen molar-refractivity contribution in [3.8, 4) is 0 Å². The van der Waals surface area contributed by atoms with Crippen LogP contribution in [-0.2, 0) is 10.0 Å². The van der Waals surface area contributed by atoms with E-state index in [1.54, 1.807) is 4.90 Å². The number of nitrogens with zero attached hydrogens (tertiary/aromatic N) is 2. The summed E-state index contributed by atoms with van der Waals surface area (Å²) in [6.07, 6.45) is 2.07. The predicted octanol–water partition coefficient (Wildman–Crippen LogP) is 3.76. The summed E-state index contributed by atoms with van der Waals surface area (Å²) in [5.41, 5.74) is -0.421. The lowest BCUT2D eigenvalue weighted by molar-refractivity contribution is 0.0571. The van der Waals surface area contributed by atoms with E-state index >= 15 is 0 Å². The van der Waals surface area contributed by atoms with E-state index in [0.29, 0.717) is 13.1 Å². The molecule has 0 saturated carbocycles. The number of benzene rings is 2. The Kier molecular flexibility index (Phi) is 7.10. The summed E-state index contributed by atoms with van der Waals surface area (Å²) in [4.78, 5) is 16.2. The van der Waals surface area contributed by atoms with Gasteiger partial charge < -0.3 is 4.90 Å². The molecule has 2 aromatic carbocycles. The molecule has 31 heavy (non-hydrogen) atoms. The molecular weight excluding hydrogens is 471 g/mol. The maximum atomic E-state index is 14.5. The number of anilines is 1. The first-order valence-corrected chi connectivity index (χ1v) is 11.4. The Balaban J connectivity index is 0.00000272. The Bertz CT molecular complexity index is 1100. The predicted molar refractivity (Wildman–Crippen MR) is 116 cm³/mol. The number of halogens is 4. The van der Waals surface area contributed by atoms with Crippen molar-refractivity contribution in [2.75, 3.05) is 30.9 Å². The molecule has 0 unspecified atom stereocenters. The number of piperazine rings is 1. The Morgan fingerprint density at radius 2 is 1.84 bits per heavy atom. The highest BCUT2D eigenvalue weighted by Crippen LogP contribution is 2.29. The van der Waals surface area contributed by atoms with Gasteiger partial charge in [-0.3, -0.25) is 14.4 Å². The van der Waals surface area contributed by atoms with Crippen molar-refractivity contribution in [3.05, 3.63) is 58.6 Å². The van der Waals surface area contributed by atoms with Crippen LogP contribution in [0.2, 0.25) is 5.02 Å². The largest absolute Gasteiger partial charge is 0.336 e. The van der Waals surface area contributed by atoms with Crippen molar-refractivity contribution in [3.63, 3.8) is 0 Å². The van der Waals surface area contributed by atoms with Gasteiger partial charge in [0.1, 0.15) is 16.5 Å². The van der Waals surface area contributed by atoms with Gasteiger partial charge in [-0.05, 0) is 43.7 Å². The zero-order valence-electron chi connectivity index (χ0n) is 16.4. The molecule has 2 aliphatic heterocycles. The van der Waals surface area contributed by atoms with Gasteiger partial charge in [-0.25, -0.2) is 17.2 Å². The molecule has 0 aliphatic carbocycles. The number of sulfonamides is 1. The summed E-state index contributed by atoms with van der Waals surface area (Å²) in [5, 5.41) is -0.170. The molecule has 0 radical (unpaired) electrons. The molecule has 1 amide bonds. The monoisotopic (exact) mass is 491 g/mol. The van der Waals surface area contributed by atoms with Crippen LogP contribution in [0.3, 0.4) is 0 Å². The second-order valence-corrected chi connectivity index (χ2v) is 9.49. The molecule has 168 valence electrons. The van der Waals surface area contributed by atoms with Crippen molar-refractivity contribution in [2.45, 2.75) is 23.8 Å². The fraction of sp³-hybridized carbons (Fsp3) is 0.350. The first kappa shape index (κ1) is 23.7. The minimum Gasteiger partial charge on any atom is -0.336 e. The second-order valence-electron chi connectivity index (χ2n) is 7.43. The maximum absolute atomic E-state index is 14.5. The van der Waals surface area contributed by atoms with Crippen LogP contribution in [0.5, 0.6) is 0 Å². The summed E-state index contributed by atoms with van der Waals surface area (Å²) in [7, 11) is -4.49. The quantitative estimate of drug-likeness (QED) is 0.706. The summed E-state index contributed by atoms with van der Waals surface area (Å²) in [5.74, 6) is -2.38. The van der Waals surface area contributed by atoms with Crippen LogP contribution in [-0.4, -0.2) is 56.3 Å². The number of nitrogens with one attached hydrogen (secondary N) is 1. The van der Waals surface area contributed by atoms with Gasteiger partial charge in [0, 0.05) is 25.7 Å². The van der Waals surface area contributed by atoms with E-state index in [4.69, 9.17) is 11.6 Å². The van der Waals surface area contributed by atoms with E-state index in [9.17, 15) is 22.0 Å². The van der Waals surface area contributed by atoms with Crippen molar-refractivity contribution in [1.29, 1.82) is 0 Å². The van der Waals surface area contributed by atoms with Crippen LogP contribution in [0.25, 0.3) is 0 Å². The zero-order chi connectivity index (χ0) is 21.5. The Morgan fingerprint density at radius 1 is 1.10 bits per heavy atom. The number of amides is 1. The summed E-state index contributed by atoms with van der Waals surface area (Å²) >= 11 is 6.09. The highest BCUT2D eigenvalue weighted by atomic mass is 35.5. The minimum atomic E-state index is -4.49. The summed E-state index contributed by atoms with van der Waals surface area (Å²) in [6, 6.07) is 7.13. The molecule has 0 bridgehead atoms. The van der Waals surface area contributed by atoms with Crippen LogP contribution < -0.4 is 4.72 Å². The molecule has 11 heteroatoms. The van der Waals surface area contributed by atoms with Crippen LogP contribution in [0.15, 0.2) is 41.3 Å². The molecule has 2 fully saturated rings. The SMILES string of the molecule is Cl.O=C(c1cc(S(=O)(=O)Nc2ccccc2F)c(F)cc1Cl)N1CCN2CCC[C@@H]2C1. The number of fused-ring (bicyclic) bond motifs is 1. The number of carbonyl (C=O) groups excluding carboxylic acids is 1. The molecule has 6 nitrogen and oxygen atoms in total. The third kappa shape index (κ3) is 4.79. The van der Waals surface area contributed by atoms with E-state index in [1.165, 1.54) is 18.2 Å². The van der Waals surface area contributed by atoms with Crippen LogP contribution >= 0.6 is 24.0 Å². The molecule has 2 saturated heterocycles. The van der Waals surface area contributed by atoms with Crippen molar-refractivity contribution in [1.82, 2.24) is 9.80 Å². The fourth-order valence-electron chi connectivity index (χ4n) is 3.99. The lowest BCUT2D eigenvalue weighted by atomic mass is 10.1. The molecule has 2 aromatic rings. The molecule has 1 atom stereocenters. The van der Waals surface area contributed by atoms with Crippen molar-refractivity contribution in [2.24, 2.45) is 0 Å². The molecular formula is C20H21Cl2F2N3O3S. The lowest BCUT2D eigenvalue weighted by Gasteiger charge is -2.37. The maximum Gasteiger partial charge on any atom is 0.264 e. The van der Waals surface area contributed by atoms with E-state index in [1.807, 2.05) is 4.72 Å². The second kappa shape index (κ2) is 9.28. The highest BCUT2D eigenvalue weighted by molar-refractivity contribution is 7.92. The molecule has 0 aromatic heterocycles. The molecule has 2 aliphatic rings. The fourth-order valence-corrected chi connectivity index (χ4v) is 5.37. The van der Waals surface area contributed by atoms with E-state index in [-0.39, 0.29) is 34.7 Å². The molecule has 4 rings (SSSR count). The van der Waals surface area contributed by atoms with Crippen molar-refractivity contribution < 1.29 is 22.0 Å². The Morgan fingerprint density at radius 3 is 2.58 bits per heavy atom. The third-order valence-corrected chi connectivity index (χ3v) is 7.23. The first-order chi connectivity index (χ1) is 14.3. The smallest absolute Gasteiger partial charge is 0.264 e. The van der Waals surface area contributed by atoms with Gasteiger partial charge in [-0.1, -0.05) is 23.7 Å². The Labute approximate surface area is 190 Å². The van der Waals surface area contributed by atoms with Gasteiger partial charge >= 0.3 is 0 Å². The summed E-state index contributed by atoms with van der Waals surface area (Å²) < 4.78 is 55.7. The van der Waals surface area contributed by atoms with E-state index in [2.05, 4.69) is 4.90 Å². The highest BCUT2D eigenvalue weighted by Gasteiger charge is 2.34. The zero-order valence-corrected chi connectivity index (χ0v) is 18.7. The number of hydrogen-bond acceptors (Lipinski definition) is 4. The van der Waals surface area contributed by atoms with Crippen LogP contribution in [0.1, 0.15) is 23.2 Å². The van der Waals surface area contributed by atoms with Crippen LogP contribution in [0, 0.1) is 11.6 Å². The first-order valence-electron chi connectivity index (χ1n) is 9.56. The molecule has 1 N–H and O–H groups in total. The van der Waals surface area contributed by atoms with Gasteiger partial charge in [0.2, 0.25) is 0 Å². The van der Waals surface area contributed by atoms with Crippen molar-refractivity contribution >= 4 is 45.6 Å². The minimum absolute atomic E-state index is 0. The number of rotatable bonds is 4. The normalized spacial score (nSPS) is 18.9. The van der Waals surface area contributed by atoms with Gasteiger partial charge in [0.05, 0.1) is 16.3 Å². The lowest BCUT2D eigenvalue weighted by Crippen LogP contribution is -2.52. The van der Waals surface area contributed by atoms with Gasteiger partial charge in [0.25, 0.3) is 15.9 Å². The van der Waals surface area contributed by atoms with E-state index in [0.717, 1.165) is 44.1 Å².